The minimum Gasteiger partial charge on any atom is -0.494 e. The molecule has 2 aromatic rings. The summed E-state index contributed by atoms with van der Waals surface area (Å²) in [7, 11) is 0. The largest absolute Gasteiger partial charge is 0.494 e. The van der Waals surface area contributed by atoms with E-state index in [1.165, 1.54) is 0 Å². The topological polar surface area (TPSA) is 22.4 Å². The van der Waals surface area contributed by atoms with Gasteiger partial charge in [0.05, 0.1) is 6.26 Å². The van der Waals surface area contributed by atoms with E-state index < -0.39 is 0 Å². The number of hydrogen-bond acceptors (Lipinski definition) is 2. The molecule has 0 unspecified atom stereocenters. The lowest BCUT2D eigenvalue weighted by molar-refractivity contribution is 0.212. The Balaban J connectivity index is 2.18. The fourth-order valence-electron chi connectivity index (χ4n) is 1.33. The molecule has 0 aliphatic rings. The lowest BCUT2D eigenvalue weighted by Gasteiger charge is -1.94. The summed E-state index contributed by atoms with van der Waals surface area (Å²) in [6.07, 6.45) is 3.51. The van der Waals surface area contributed by atoms with Gasteiger partial charge in [-0.1, -0.05) is 24.3 Å². The van der Waals surface area contributed by atoms with E-state index in [1.807, 2.05) is 43.3 Å². The fourth-order valence-corrected chi connectivity index (χ4v) is 1.33. The molecule has 0 fully saturated rings. The van der Waals surface area contributed by atoms with Crippen LogP contribution in [0.15, 0.2) is 47.1 Å². The first-order valence-electron chi connectivity index (χ1n) is 4.60. The standard InChI is InChI=1S/C12H12O2/c1-2-7-13-9-11-8-10-5-3-4-6-12(10)14-11/h2-8H,9H2,1H3. The molecule has 0 N–H and O–H groups in total. The molecule has 0 radical (unpaired) electrons. The second-order valence-corrected chi connectivity index (χ2v) is 3.03. The summed E-state index contributed by atoms with van der Waals surface area (Å²) in [6.45, 7) is 2.40. The van der Waals surface area contributed by atoms with Crippen LogP contribution in [0.1, 0.15) is 12.7 Å². The summed E-state index contributed by atoms with van der Waals surface area (Å²) in [5.41, 5.74) is 0.909. The fraction of sp³-hybridized carbons (Fsp3) is 0.167. The normalized spacial score (nSPS) is 11.2. The number of ether oxygens (including phenoxy) is 1. The van der Waals surface area contributed by atoms with E-state index in [2.05, 4.69) is 0 Å². The maximum Gasteiger partial charge on any atom is 0.145 e. The number of hydrogen-bond donors (Lipinski definition) is 0. The van der Waals surface area contributed by atoms with E-state index in [1.54, 1.807) is 6.26 Å². The van der Waals surface area contributed by atoms with E-state index in [9.17, 15) is 0 Å². The molecule has 0 atom stereocenters. The predicted octanol–water partition coefficient (Wildman–Crippen LogP) is 3.48. The van der Waals surface area contributed by atoms with E-state index in [0.717, 1.165) is 16.7 Å². The zero-order valence-electron chi connectivity index (χ0n) is 8.07. The van der Waals surface area contributed by atoms with Crippen LogP contribution in [-0.2, 0) is 11.3 Å². The van der Waals surface area contributed by atoms with Gasteiger partial charge in [-0.15, -0.1) is 0 Å². The highest BCUT2D eigenvalue weighted by atomic mass is 16.5. The molecule has 0 amide bonds. The molecule has 2 nitrogen and oxygen atoms in total. The van der Waals surface area contributed by atoms with Gasteiger partial charge in [0.1, 0.15) is 18.0 Å². The van der Waals surface area contributed by atoms with Crippen molar-refractivity contribution in [2.24, 2.45) is 0 Å². The molecule has 0 aliphatic heterocycles. The lowest BCUT2D eigenvalue weighted by atomic mass is 10.2. The van der Waals surface area contributed by atoms with Crippen LogP contribution in [0.5, 0.6) is 0 Å². The highest BCUT2D eigenvalue weighted by Gasteiger charge is 2.01. The van der Waals surface area contributed by atoms with E-state index >= 15 is 0 Å². The van der Waals surface area contributed by atoms with E-state index in [0.29, 0.717) is 6.61 Å². The van der Waals surface area contributed by atoms with Crippen LogP contribution >= 0.6 is 0 Å². The van der Waals surface area contributed by atoms with Gasteiger partial charge in [0.25, 0.3) is 0 Å². The van der Waals surface area contributed by atoms with Crippen molar-refractivity contribution in [3.8, 4) is 0 Å². The second-order valence-electron chi connectivity index (χ2n) is 3.03. The molecule has 1 aromatic carbocycles. The molecule has 0 saturated carbocycles. The Morgan fingerprint density at radius 2 is 2.21 bits per heavy atom. The Morgan fingerprint density at radius 1 is 1.36 bits per heavy atom. The molecular weight excluding hydrogens is 176 g/mol. The van der Waals surface area contributed by atoms with Crippen molar-refractivity contribution >= 4 is 11.0 Å². The molecule has 0 bridgehead atoms. The summed E-state index contributed by atoms with van der Waals surface area (Å²) in [5.74, 6) is 0.851. The SMILES string of the molecule is CC=COCc1cc2ccccc2o1. The van der Waals surface area contributed by atoms with Crippen LogP contribution < -0.4 is 0 Å². The van der Waals surface area contributed by atoms with Crippen molar-refractivity contribution in [2.45, 2.75) is 13.5 Å². The molecule has 0 saturated heterocycles. The first-order chi connectivity index (χ1) is 6.90. The molecule has 72 valence electrons. The van der Waals surface area contributed by atoms with Crippen molar-refractivity contribution in [1.82, 2.24) is 0 Å². The van der Waals surface area contributed by atoms with Gasteiger partial charge in [0, 0.05) is 5.39 Å². The van der Waals surface area contributed by atoms with Gasteiger partial charge in [0.2, 0.25) is 0 Å². The number of allylic oxidation sites excluding steroid dienone is 1. The monoisotopic (exact) mass is 188 g/mol. The Morgan fingerprint density at radius 3 is 3.00 bits per heavy atom. The van der Waals surface area contributed by atoms with Crippen molar-refractivity contribution in [3.05, 3.63) is 48.4 Å². The van der Waals surface area contributed by atoms with Crippen LogP contribution in [0, 0.1) is 0 Å². The van der Waals surface area contributed by atoms with Crippen LogP contribution in [0.25, 0.3) is 11.0 Å². The zero-order valence-corrected chi connectivity index (χ0v) is 8.07. The van der Waals surface area contributed by atoms with Crippen LogP contribution in [0.4, 0.5) is 0 Å². The quantitative estimate of drug-likeness (QED) is 0.688. The highest BCUT2D eigenvalue weighted by Crippen LogP contribution is 2.19. The van der Waals surface area contributed by atoms with Gasteiger partial charge in [-0.05, 0) is 19.1 Å². The van der Waals surface area contributed by atoms with E-state index in [4.69, 9.17) is 9.15 Å². The highest BCUT2D eigenvalue weighted by molar-refractivity contribution is 5.77. The van der Waals surface area contributed by atoms with Crippen molar-refractivity contribution in [1.29, 1.82) is 0 Å². The molecule has 2 heteroatoms. The molecule has 0 spiro atoms. The summed E-state index contributed by atoms with van der Waals surface area (Å²) in [5, 5.41) is 1.12. The Hall–Kier alpha value is -1.70. The second kappa shape index (κ2) is 4.01. The third kappa shape index (κ3) is 1.79. The Bertz CT molecular complexity index is 407. The molecular formula is C12H12O2. The third-order valence-electron chi connectivity index (χ3n) is 1.93. The molecule has 14 heavy (non-hydrogen) atoms. The van der Waals surface area contributed by atoms with Crippen LogP contribution in [-0.4, -0.2) is 0 Å². The van der Waals surface area contributed by atoms with Gasteiger partial charge >= 0.3 is 0 Å². The van der Waals surface area contributed by atoms with Gasteiger partial charge in [-0.25, -0.2) is 0 Å². The minimum atomic E-state index is 0.485. The van der Waals surface area contributed by atoms with Crippen molar-refractivity contribution in [2.75, 3.05) is 0 Å². The number of benzene rings is 1. The molecule has 2 rings (SSSR count). The Labute approximate surface area is 82.8 Å². The molecule has 0 aliphatic carbocycles. The first kappa shape index (κ1) is 8.88. The number of fused-ring (bicyclic) bond motifs is 1. The third-order valence-corrected chi connectivity index (χ3v) is 1.93. The van der Waals surface area contributed by atoms with Crippen LogP contribution in [0.2, 0.25) is 0 Å². The Kier molecular flexibility index (Phi) is 2.54. The van der Waals surface area contributed by atoms with Gasteiger partial charge in [-0.2, -0.15) is 0 Å². The molecule has 1 heterocycles. The maximum atomic E-state index is 5.56. The predicted molar refractivity (Wildman–Crippen MR) is 55.8 cm³/mol. The zero-order chi connectivity index (χ0) is 9.80. The van der Waals surface area contributed by atoms with Crippen molar-refractivity contribution in [3.63, 3.8) is 0 Å². The maximum absolute atomic E-state index is 5.56. The number of para-hydroxylation sites is 1. The number of rotatable bonds is 3. The average molecular weight is 188 g/mol. The van der Waals surface area contributed by atoms with Crippen molar-refractivity contribution < 1.29 is 9.15 Å². The van der Waals surface area contributed by atoms with Crippen LogP contribution in [0.3, 0.4) is 0 Å². The van der Waals surface area contributed by atoms with Gasteiger partial charge in [-0.3, -0.25) is 0 Å². The van der Waals surface area contributed by atoms with Gasteiger partial charge in [0.15, 0.2) is 0 Å². The van der Waals surface area contributed by atoms with Gasteiger partial charge < -0.3 is 9.15 Å². The smallest absolute Gasteiger partial charge is 0.145 e. The minimum absolute atomic E-state index is 0.485. The summed E-state index contributed by atoms with van der Waals surface area (Å²) in [6, 6.07) is 9.93. The first-order valence-corrected chi connectivity index (χ1v) is 4.60. The average Bonchev–Trinajstić information content (AvgIpc) is 2.60. The summed E-state index contributed by atoms with van der Waals surface area (Å²) in [4.78, 5) is 0. The molecule has 1 aromatic heterocycles. The van der Waals surface area contributed by atoms with E-state index in [-0.39, 0.29) is 0 Å². The summed E-state index contributed by atoms with van der Waals surface area (Å²) >= 11 is 0. The number of furan rings is 1. The lowest BCUT2D eigenvalue weighted by Crippen LogP contribution is -1.81. The summed E-state index contributed by atoms with van der Waals surface area (Å²) < 4.78 is 10.8.